The molecular weight excluding hydrogens is 276 g/mol. The molecule has 1 aliphatic heterocycles. The monoisotopic (exact) mass is 298 g/mol. The number of aryl methyl sites for hydroxylation is 1. The number of nitrogens with one attached hydrogen (secondary N) is 1. The first-order chi connectivity index (χ1) is 10.6. The molecule has 22 heavy (non-hydrogen) atoms. The van der Waals surface area contributed by atoms with E-state index in [1.54, 1.807) is 0 Å². The van der Waals surface area contributed by atoms with Crippen LogP contribution >= 0.6 is 0 Å². The number of rotatable bonds is 4. The van der Waals surface area contributed by atoms with Crippen molar-refractivity contribution in [2.45, 2.75) is 26.3 Å². The lowest BCUT2D eigenvalue weighted by Gasteiger charge is -2.31. The Hall–Kier alpha value is -2.14. The summed E-state index contributed by atoms with van der Waals surface area (Å²) in [6.07, 6.45) is 3.80. The van der Waals surface area contributed by atoms with E-state index in [0.29, 0.717) is 0 Å². The number of nitrogens with two attached hydrogens (primary N) is 1. The van der Waals surface area contributed by atoms with E-state index in [1.807, 2.05) is 6.20 Å². The number of carbonyl (C=O) groups is 1. The Morgan fingerprint density at radius 2 is 2.18 bits per heavy atom. The van der Waals surface area contributed by atoms with Crippen molar-refractivity contribution in [1.29, 1.82) is 0 Å². The number of hydrogen-bond donors (Lipinski definition) is 2. The largest absolute Gasteiger partial charge is 0.369 e. The summed E-state index contributed by atoms with van der Waals surface area (Å²) in [5.41, 5.74) is 10.1. The van der Waals surface area contributed by atoms with Gasteiger partial charge in [-0.2, -0.15) is 5.10 Å². The molecular formula is C17H22N4O. The number of benzene rings is 1. The van der Waals surface area contributed by atoms with Crippen LogP contribution in [0.15, 0.2) is 30.5 Å². The Morgan fingerprint density at radius 3 is 2.91 bits per heavy atom. The first-order valence-corrected chi connectivity index (χ1v) is 7.74. The fourth-order valence-electron chi connectivity index (χ4n) is 3.07. The number of amides is 1. The van der Waals surface area contributed by atoms with Crippen LogP contribution in [0.25, 0.3) is 11.3 Å². The van der Waals surface area contributed by atoms with Gasteiger partial charge < -0.3 is 5.73 Å². The van der Waals surface area contributed by atoms with Gasteiger partial charge in [-0.25, -0.2) is 0 Å². The van der Waals surface area contributed by atoms with Crippen LogP contribution < -0.4 is 5.73 Å². The maximum Gasteiger partial charge on any atom is 0.221 e. The second-order valence-corrected chi connectivity index (χ2v) is 6.11. The molecule has 1 aliphatic rings. The van der Waals surface area contributed by atoms with Crippen molar-refractivity contribution in [3.8, 4) is 11.3 Å². The molecule has 3 N–H and O–H groups in total. The minimum absolute atomic E-state index is 0.0246. The predicted octanol–water partition coefficient (Wildman–Crippen LogP) is 2.08. The van der Waals surface area contributed by atoms with E-state index in [-0.39, 0.29) is 11.8 Å². The van der Waals surface area contributed by atoms with Gasteiger partial charge in [0.05, 0.1) is 17.8 Å². The van der Waals surface area contributed by atoms with E-state index < -0.39 is 0 Å². The molecule has 1 saturated heterocycles. The number of H-pyrrole nitrogens is 1. The molecule has 1 aromatic carbocycles. The number of carbonyl (C=O) groups excluding carboxylic acids is 1. The van der Waals surface area contributed by atoms with Crippen molar-refractivity contribution in [2.75, 3.05) is 13.1 Å². The molecule has 5 nitrogen and oxygen atoms in total. The lowest BCUT2D eigenvalue weighted by molar-refractivity contribution is -0.123. The second kappa shape index (κ2) is 6.32. The van der Waals surface area contributed by atoms with Crippen LogP contribution in [0, 0.1) is 12.8 Å². The maximum absolute atomic E-state index is 11.4. The standard InChI is InChI=1S/C17H22N4O/c1-12-4-6-13(7-5-12)16-15(9-19-20-16)11-21-8-2-3-14(10-21)17(18)22/h4-7,9,14H,2-3,8,10-11H2,1H3,(H2,18,22)(H,19,20). The fraction of sp³-hybridized carbons (Fsp3) is 0.412. The second-order valence-electron chi connectivity index (χ2n) is 6.11. The zero-order chi connectivity index (χ0) is 15.5. The fourth-order valence-corrected chi connectivity index (χ4v) is 3.07. The molecule has 2 heterocycles. The van der Waals surface area contributed by atoms with Gasteiger partial charge in [0.2, 0.25) is 5.91 Å². The summed E-state index contributed by atoms with van der Waals surface area (Å²) in [5.74, 6) is -0.209. The van der Waals surface area contributed by atoms with Gasteiger partial charge in [-0.1, -0.05) is 29.8 Å². The minimum atomic E-state index is -0.185. The van der Waals surface area contributed by atoms with Gasteiger partial charge in [-0.15, -0.1) is 0 Å². The van der Waals surface area contributed by atoms with Crippen LogP contribution in [0.1, 0.15) is 24.0 Å². The molecule has 0 aliphatic carbocycles. The summed E-state index contributed by atoms with van der Waals surface area (Å²) in [5, 5.41) is 7.29. The highest BCUT2D eigenvalue weighted by molar-refractivity contribution is 5.77. The lowest BCUT2D eigenvalue weighted by atomic mass is 9.97. The average molecular weight is 298 g/mol. The number of piperidine rings is 1. The van der Waals surface area contributed by atoms with Crippen LogP contribution in [-0.2, 0) is 11.3 Å². The molecule has 1 amide bonds. The summed E-state index contributed by atoms with van der Waals surface area (Å²) in [4.78, 5) is 13.7. The summed E-state index contributed by atoms with van der Waals surface area (Å²) in [6, 6.07) is 8.41. The molecule has 0 saturated carbocycles. The molecule has 2 aromatic rings. The third-order valence-electron chi connectivity index (χ3n) is 4.36. The van der Waals surface area contributed by atoms with Gasteiger partial charge in [-0.05, 0) is 31.9 Å². The highest BCUT2D eigenvalue weighted by Crippen LogP contribution is 2.25. The zero-order valence-electron chi connectivity index (χ0n) is 12.9. The number of likely N-dealkylation sites (tertiary alicyclic amines) is 1. The van der Waals surface area contributed by atoms with Gasteiger partial charge >= 0.3 is 0 Å². The van der Waals surface area contributed by atoms with Crippen LogP contribution in [0.5, 0.6) is 0 Å². The highest BCUT2D eigenvalue weighted by Gasteiger charge is 2.24. The molecule has 3 rings (SSSR count). The Bertz CT molecular complexity index is 647. The molecule has 116 valence electrons. The molecule has 1 fully saturated rings. The molecule has 5 heteroatoms. The zero-order valence-corrected chi connectivity index (χ0v) is 12.9. The lowest BCUT2D eigenvalue weighted by Crippen LogP contribution is -2.40. The summed E-state index contributed by atoms with van der Waals surface area (Å²) < 4.78 is 0. The summed E-state index contributed by atoms with van der Waals surface area (Å²) in [6.45, 7) is 4.62. The topological polar surface area (TPSA) is 75.0 Å². The van der Waals surface area contributed by atoms with Crippen molar-refractivity contribution < 1.29 is 4.79 Å². The van der Waals surface area contributed by atoms with E-state index in [9.17, 15) is 4.79 Å². The third kappa shape index (κ3) is 3.20. The molecule has 0 spiro atoms. The van der Waals surface area contributed by atoms with Crippen molar-refractivity contribution in [3.63, 3.8) is 0 Å². The number of hydrogen-bond acceptors (Lipinski definition) is 3. The quantitative estimate of drug-likeness (QED) is 0.907. The van der Waals surface area contributed by atoms with Crippen LogP contribution in [0.4, 0.5) is 0 Å². The molecule has 1 unspecified atom stereocenters. The molecule has 0 bridgehead atoms. The van der Waals surface area contributed by atoms with Crippen molar-refractivity contribution >= 4 is 5.91 Å². The number of aromatic amines is 1. The minimum Gasteiger partial charge on any atom is -0.369 e. The smallest absolute Gasteiger partial charge is 0.221 e. The van der Waals surface area contributed by atoms with Crippen molar-refractivity contribution in [1.82, 2.24) is 15.1 Å². The van der Waals surface area contributed by atoms with Gasteiger partial charge in [-0.3, -0.25) is 14.8 Å². The third-order valence-corrected chi connectivity index (χ3v) is 4.36. The summed E-state index contributed by atoms with van der Waals surface area (Å²) in [7, 11) is 0. The SMILES string of the molecule is Cc1ccc(-c2[nH]ncc2CN2CCCC(C(N)=O)C2)cc1. The highest BCUT2D eigenvalue weighted by atomic mass is 16.1. The van der Waals surface area contributed by atoms with Gasteiger partial charge in [0.25, 0.3) is 0 Å². The summed E-state index contributed by atoms with van der Waals surface area (Å²) >= 11 is 0. The first-order valence-electron chi connectivity index (χ1n) is 7.74. The molecule has 1 aromatic heterocycles. The van der Waals surface area contributed by atoms with Crippen molar-refractivity contribution in [3.05, 3.63) is 41.6 Å². The molecule has 0 radical (unpaired) electrons. The van der Waals surface area contributed by atoms with E-state index in [4.69, 9.17) is 5.73 Å². The van der Waals surface area contributed by atoms with Crippen LogP contribution in [0.3, 0.4) is 0 Å². The van der Waals surface area contributed by atoms with Crippen LogP contribution in [-0.4, -0.2) is 34.1 Å². The van der Waals surface area contributed by atoms with E-state index in [1.165, 1.54) is 5.56 Å². The normalized spacial score (nSPS) is 19.2. The van der Waals surface area contributed by atoms with E-state index >= 15 is 0 Å². The van der Waals surface area contributed by atoms with Crippen molar-refractivity contribution in [2.24, 2.45) is 11.7 Å². The Morgan fingerprint density at radius 1 is 1.41 bits per heavy atom. The predicted molar refractivity (Wildman–Crippen MR) is 86.0 cm³/mol. The Kier molecular flexibility index (Phi) is 4.24. The number of aromatic nitrogens is 2. The molecule has 1 atom stereocenters. The van der Waals surface area contributed by atoms with E-state index in [2.05, 4.69) is 46.3 Å². The average Bonchev–Trinajstić information content (AvgIpc) is 2.96. The van der Waals surface area contributed by atoms with Gasteiger partial charge in [0, 0.05) is 18.7 Å². The van der Waals surface area contributed by atoms with Gasteiger partial charge in [0.15, 0.2) is 0 Å². The Balaban J connectivity index is 1.75. The first kappa shape index (κ1) is 14.8. The number of nitrogens with zero attached hydrogens (tertiary/aromatic N) is 2. The van der Waals surface area contributed by atoms with Gasteiger partial charge in [0.1, 0.15) is 0 Å². The maximum atomic E-state index is 11.4. The Labute approximate surface area is 130 Å². The van der Waals surface area contributed by atoms with Crippen LogP contribution in [0.2, 0.25) is 0 Å². The number of primary amides is 1. The van der Waals surface area contributed by atoms with E-state index in [0.717, 1.165) is 49.3 Å².